The highest BCUT2D eigenvalue weighted by Gasteiger charge is 2.30. The average Bonchev–Trinajstić information content (AvgIpc) is 2.19. The number of halogens is 3. The number of rotatable bonds is 3. The Balaban J connectivity index is 2.96. The highest BCUT2D eigenvalue weighted by Crippen LogP contribution is 2.30. The van der Waals surface area contributed by atoms with E-state index >= 15 is 0 Å². The lowest BCUT2D eigenvalue weighted by molar-refractivity contribution is -0.137. The molecule has 0 saturated heterocycles. The summed E-state index contributed by atoms with van der Waals surface area (Å²) < 4.78 is 37.1. The van der Waals surface area contributed by atoms with E-state index in [4.69, 9.17) is 0 Å². The predicted molar refractivity (Wildman–Crippen MR) is 55.1 cm³/mol. The number of hydrogen-bond acceptors (Lipinski definition) is 1. The molecule has 0 heterocycles. The predicted octanol–water partition coefficient (Wildman–Crippen LogP) is 3.39. The Kier molecular flexibility index (Phi) is 3.73. The van der Waals surface area contributed by atoms with Crippen molar-refractivity contribution >= 4 is 6.29 Å². The standard InChI is InChI=1S/C12H13F3O/c1-8(7-16)5-10-3-4-11(6-9(10)2)12(13,14)15/h3-4,6-8H,5H2,1-2H3. The van der Waals surface area contributed by atoms with Gasteiger partial charge in [-0.25, -0.2) is 0 Å². The van der Waals surface area contributed by atoms with Crippen LogP contribution in [0.4, 0.5) is 13.2 Å². The van der Waals surface area contributed by atoms with Crippen molar-refractivity contribution < 1.29 is 18.0 Å². The summed E-state index contributed by atoms with van der Waals surface area (Å²) in [5.74, 6) is -0.171. The lowest BCUT2D eigenvalue weighted by Crippen LogP contribution is -2.07. The second kappa shape index (κ2) is 4.68. The third kappa shape index (κ3) is 3.08. The smallest absolute Gasteiger partial charge is 0.303 e. The van der Waals surface area contributed by atoms with Crippen LogP contribution in [0.5, 0.6) is 0 Å². The molecule has 0 N–H and O–H groups in total. The van der Waals surface area contributed by atoms with Crippen LogP contribution in [-0.4, -0.2) is 6.29 Å². The van der Waals surface area contributed by atoms with E-state index in [1.807, 2.05) is 0 Å². The molecule has 16 heavy (non-hydrogen) atoms. The van der Waals surface area contributed by atoms with Crippen LogP contribution in [0.1, 0.15) is 23.6 Å². The van der Waals surface area contributed by atoms with Gasteiger partial charge in [0.15, 0.2) is 0 Å². The van der Waals surface area contributed by atoms with Gasteiger partial charge in [0.05, 0.1) is 5.56 Å². The van der Waals surface area contributed by atoms with E-state index in [-0.39, 0.29) is 5.92 Å². The number of hydrogen-bond donors (Lipinski definition) is 0. The van der Waals surface area contributed by atoms with Crippen molar-refractivity contribution in [1.29, 1.82) is 0 Å². The van der Waals surface area contributed by atoms with Gasteiger partial charge in [0.25, 0.3) is 0 Å². The van der Waals surface area contributed by atoms with Gasteiger partial charge in [0.2, 0.25) is 0 Å². The zero-order valence-electron chi connectivity index (χ0n) is 9.14. The minimum Gasteiger partial charge on any atom is -0.303 e. The molecule has 0 fully saturated rings. The third-order valence-electron chi connectivity index (χ3n) is 2.44. The number of alkyl halides is 3. The average molecular weight is 230 g/mol. The molecule has 1 nitrogen and oxygen atoms in total. The minimum absolute atomic E-state index is 0.171. The molecule has 0 aromatic heterocycles. The maximum Gasteiger partial charge on any atom is 0.416 e. The van der Waals surface area contributed by atoms with Gasteiger partial charge in [-0.1, -0.05) is 13.0 Å². The van der Waals surface area contributed by atoms with Gasteiger partial charge < -0.3 is 4.79 Å². The fraction of sp³-hybridized carbons (Fsp3) is 0.417. The normalized spacial score (nSPS) is 13.6. The van der Waals surface area contributed by atoms with E-state index in [0.717, 1.165) is 24.0 Å². The molecule has 0 radical (unpaired) electrons. The van der Waals surface area contributed by atoms with Crippen molar-refractivity contribution in [3.63, 3.8) is 0 Å². The SMILES string of the molecule is Cc1cc(C(F)(F)F)ccc1CC(C)C=O. The summed E-state index contributed by atoms with van der Waals surface area (Å²) in [5, 5.41) is 0. The summed E-state index contributed by atoms with van der Waals surface area (Å²) >= 11 is 0. The van der Waals surface area contributed by atoms with Crippen molar-refractivity contribution in [2.75, 3.05) is 0 Å². The number of benzene rings is 1. The molecule has 0 saturated carbocycles. The number of aldehydes is 1. The maximum absolute atomic E-state index is 12.4. The van der Waals surface area contributed by atoms with E-state index in [1.54, 1.807) is 13.8 Å². The summed E-state index contributed by atoms with van der Waals surface area (Å²) in [5.41, 5.74) is 0.712. The highest BCUT2D eigenvalue weighted by molar-refractivity contribution is 5.54. The van der Waals surface area contributed by atoms with Gasteiger partial charge >= 0.3 is 6.18 Å². The summed E-state index contributed by atoms with van der Waals surface area (Å²) in [6.45, 7) is 3.37. The summed E-state index contributed by atoms with van der Waals surface area (Å²) in [7, 11) is 0. The van der Waals surface area contributed by atoms with Crippen LogP contribution in [0.3, 0.4) is 0 Å². The van der Waals surface area contributed by atoms with Crippen LogP contribution in [0, 0.1) is 12.8 Å². The first-order valence-electron chi connectivity index (χ1n) is 4.96. The molecule has 1 atom stereocenters. The largest absolute Gasteiger partial charge is 0.416 e. The molecule has 1 aromatic rings. The van der Waals surface area contributed by atoms with Gasteiger partial charge in [-0.15, -0.1) is 0 Å². The molecule has 0 aliphatic rings. The van der Waals surface area contributed by atoms with Gasteiger partial charge in [0.1, 0.15) is 6.29 Å². The number of carbonyl (C=O) groups excluding carboxylic acids is 1. The Bertz CT molecular complexity index is 382. The first-order valence-corrected chi connectivity index (χ1v) is 4.96. The molecule has 0 aliphatic carbocycles. The summed E-state index contributed by atoms with van der Waals surface area (Å²) in [4.78, 5) is 10.5. The fourth-order valence-corrected chi connectivity index (χ4v) is 1.50. The summed E-state index contributed by atoms with van der Waals surface area (Å²) in [6, 6.07) is 3.62. The molecule has 1 rings (SSSR count). The fourth-order valence-electron chi connectivity index (χ4n) is 1.50. The van der Waals surface area contributed by atoms with Crippen LogP contribution < -0.4 is 0 Å². The Morgan fingerprint density at radius 2 is 2.00 bits per heavy atom. The Labute approximate surface area is 92.3 Å². The summed E-state index contributed by atoms with van der Waals surface area (Å²) in [6.07, 6.45) is -3.02. The zero-order chi connectivity index (χ0) is 12.3. The molecule has 1 aromatic carbocycles. The van der Waals surface area contributed by atoms with Crippen LogP contribution in [0.15, 0.2) is 18.2 Å². The van der Waals surface area contributed by atoms with Gasteiger partial charge in [0, 0.05) is 5.92 Å². The topological polar surface area (TPSA) is 17.1 Å². The molecule has 88 valence electrons. The molecular weight excluding hydrogens is 217 g/mol. The van der Waals surface area contributed by atoms with Crippen molar-refractivity contribution in [2.24, 2.45) is 5.92 Å². The Morgan fingerprint density at radius 1 is 1.38 bits per heavy atom. The number of aryl methyl sites for hydroxylation is 1. The molecule has 0 spiro atoms. The van der Waals surface area contributed by atoms with Crippen molar-refractivity contribution in [1.82, 2.24) is 0 Å². The van der Waals surface area contributed by atoms with Crippen LogP contribution >= 0.6 is 0 Å². The first-order chi connectivity index (χ1) is 7.34. The molecular formula is C12H13F3O. The number of carbonyl (C=O) groups is 1. The van der Waals surface area contributed by atoms with Gasteiger partial charge in [-0.2, -0.15) is 13.2 Å². The maximum atomic E-state index is 12.4. The van der Waals surface area contributed by atoms with Crippen molar-refractivity contribution in [3.05, 3.63) is 34.9 Å². The second-order valence-corrected chi connectivity index (χ2v) is 3.96. The third-order valence-corrected chi connectivity index (χ3v) is 2.44. The van der Waals surface area contributed by atoms with Crippen molar-refractivity contribution in [2.45, 2.75) is 26.4 Å². The zero-order valence-corrected chi connectivity index (χ0v) is 9.14. The van der Waals surface area contributed by atoms with E-state index in [9.17, 15) is 18.0 Å². The van der Waals surface area contributed by atoms with Crippen LogP contribution in [0.25, 0.3) is 0 Å². The molecule has 1 unspecified atom stereocenters. The van der Waals surface area contributed by atoms with E-state index in [2.05, 4.69) is 0 Å². The van der Waals surface area contributed by atoms with Crippen molar-refractivity contribution in [3.8, 4) is 0 Å². The molecule has 4 heteroatoms. The molecule has 0 amide bonds. The molecule has 0 bridgehead atoms. The quantitative estimate of drug-likeness (QED) is 0.727. The van der Waals surface area contributed by atoms with Gasteiger partial charge in [-0.05, 0) is 36.6 Å². The highest BCUT2D eigenvalue weighted by atomic mass is 19.4. The first kappa shape index (κ1) is 12.7. The lowest BCUT2D eigenvalue weighted by atomic mass is 9.97. The lowest BCUT2D eigenvalue weighted by Gasteiger charge is -2.11. The minimum atomic E-state index is -4.31. The van der Waals surface area contributed by atoms with E-state index in [1.165, 1.54) is 6.07 Å². The Hall–Kier alpha value is -1.32. The van der Waals surface area contributed by atoms with Crippen LogP contribution in [-0.2, 0) is 17.4 Å². The Morgan fingerprint density at radius 3 is 2.44 bits per heavy atom. The monoisotopic (exact) mass is 230 g/mol. The second-order valence-electron chi connectivity index (χ2n) is 3.96. The molecule has 0 aliphatic heterocycles. The van der Waals surface area contributed by atoms with E-state index in [0.29, 0.717) is 12.0 Å². The van der Waals surface area contributed by atoms with Crippen LogP contribution in [0.2, 0.25) is 0 Å². The van der Waals surface area contributed by atoms with Gasteiger partial charge in [-0.3, -0.25) is 0 Å². The van der Waals surface area contributed by atoms with E-state index < -0.39 is 11.7 Å².